The Morgan fingerprint density at radius 2 is 2.04 bits per heavy atom. The van der Waals surface area contributed by atoms with E-state index < -0.39 is 0 Å². The summed E-state index contributed by atoms with van der Waals surface area (Å²) in [5.74, 6) is -0.212. The summed E-state index contributed by atoms with van der Waals surface area (Å²) in [6.45, 7) is 1.39. The van der Waals surface area contributed by atoms with Crippen molar-refractivity contribution in [1.29, 1.82) is 0 Å². The minimum Gasteiger partial charge on any atom is -0.349 e. The van der Waals surface area contributed by atoms with E-state index in [1.165, 1.54) is 11.3 Å². The molecule has 0 aromatic carbocycles. The molecule has 2 aromatic rings. The number of rotatable bonds is 6. The van der Waals surface area contributed by atoms with Gasteiger partial charge in [-0.05, 0) is 39.1 Å². The number of aryl methyl sites for hydroxylation is 1. The first-order valence-electron chi connectivity index (χ1n) is 8.65. The van der Waals surface area contributed by atoms with Gasteiger partial charge in [-0.2, -0.15) is 0 Å². The van der Waals surface area contributed by atoms with Gasteiger partial charge in [0, 0.05) is 48.4 Å². The first-order valence-corrected chi connectivity index (χ1v) is 9.47. The average molecular weight is 373 g/mol. The summed E-state index contributed by atoms with van der Waals surface area (Å²) in [7, 11) is 3.93. The molecule has 8 heteroatoms. The van der Waals surface area contributed by atoms with E-state index in [9.17, 15) is 9.59 Å². The van der Waals surface area contributed by atoms with E-state index in [1.807, 2.05) is 19.0 Å². The van der Waals surface area contributed by atoms with Crippen molar-refractivity contribution in [2.45, 2.75) is 25.3 Å². The van der Waals surface area contributed by atoms with Crippen LogP contribution < -0.4 is 10.6 Å². The molecule has 0 saturated heterocycles. The predicted molar refractivity (Wildman–Crippen MR) is 101 cm³/mol. The Morgan fingerprint density at radius 3 is 2.77 bits per heavy atom. The molecule has 7 nitrogen and oxygen atoms in total. The summed E-state index contributed by atoms with van der Waals surface area (Å²) >= 11 is 1.43. The zero-order chi connectivity index (χ0) is 18.5. The van der Waals surface area contributed by atoms with E-state index >= 15 is 0 Å². The monoisotopic (exact) mass is 373 g/mol. The van der Waals surface area contributed by atoms with Crippen molar-refractivity contribution >= 4 is 23.2 Å². The number of carbonyl (C=O) groups excluding carboxylic acids is 2. The smallest absolute Gasteiger partial charge is 0.280 e. The maximum absolute atomic E-state index is 12.3. The second-order valence-corrected chi connectivity index (χ2v) is 7.68. The highest BCUT2D eigenvalue weighted by Gasteiger charge is 2.25. The van der Waals surface area contributed by atoms with Crippen LogP contribution in [0.25, 0.3) is 0 Å². The molecule has 1 unspecified atom stereocenters. The van der Waals surface area contributed by atoms with Gasteiger partial charge < -0.3 is 15.5 Å². The third-order valence-corrected chi connectivity index (χ3v) is 5.37. The normalized spacial score (nSPS) is 16.2. The summed E-state index contributed by atoms with van der Waals surface area (Å²) in [6, 6.07) is 3.46. The lowest BCUT2D eigenvalue weighted by molar-refractivity contribution is 0.0931. The van der Waals surface area contributed by atoms with Crippen LogP contribution in [0.1, 0.15) is 37.2 Å². The number of nitrogens with one attached hydrogen (secondary N) is 2. The number of amides is 2. The molecule has 0 saturated carbocycles. The molecule has 0 radical (unpaired) electrons. The van der Waals surface area contributed by atoms with Crippen LogP contribution in [0.15, 0.2) is 24.5 Å². The lowest BCUT2D eigenvalue weighted by Gasteiger charge is -2.22. The Balaban J connectivity index is 1.58. The van der Waals surface area contributed by atoms with E-state index in [1.54, 1.807) is 24.5 Å². The van der Waals surface area contributed by atoms with E-state index in [-0.39, 0.29) is 17.9 Å². The molecule has 2 amide bonds. The molecule has 1 atom stereocenters. The van der Waals surface area contributed by atoms with Gasteiger partial charge in [0.2, 0.25) is 0 Å². The first kappa shape index (κ1) is 18.5. The lowest BCUT2D eigenvalue weighted by Crippen LogP contribution is -2.38. The van der Waals surface area contributed by atoms with Gasteiger partial charge in [-0.15, -0.1) is 11.3 Å². The van der Waals surface area contributed by atoms with Crippen molar-refractivity contribution in [3.05, 3.63) is 45.7 Å². The van der Waals surface area contributed by atoms with Crippen LogP contribution in [-0.2, 0) is 12.8 Å². The highest BCUT2D eigenvalue weighted by Crippen LogP contribution is 2.27. The first-order chi connectivity index (χ1) is 12.5. The lowest BCUT2D eigenvalue weighted by atomic mass is 9.97. The fraction of sp³-hybridized carbons (Fsp3) is 0.444. The molecule has 26 heavy (non-hydrogen) atoms. The number of nitrogens with zero attached hydrogens (tertiary/aromatic N) is 3. The number of carbonyl (C=O) groups is 2. The van der Waals surface area contributed by atoms with Gasteiger partial charge in [-0.1, -0.05) is 0 Å². The minimum atomic E-state index is -0.122. The summed E-state index contributed by atoms with van der Waals surface area (Å²) in [4.78, 5) is 36.1. The second-order valence-electron chi connectivity index (χ2n) is 6.60. The molecule has 1 aliphatic rings. The van der Waals surface area contributed by atoms with Crippen molar-refractivity contribution in [2.75, 3.05) is 27.2 Å². The Morgan fingerprint density at radius 1 is 1.27 bits per heavy atom. The number of hydrogen-bond donors (Lipinski definition) is 2. The molecule has 1 aliphatic carbocycles. The number of thiazole rings is 1. The quantitative estimate of drug-likeness (QED) is 0.792. The Bertz CT molecular complexity index is 775. The molecule has 3 rings (SSSR count). The topological polar surface area (TPSA) is 87.2 Å². The van der Waals surface area contributed by atoms with Crippen LogP contribution in [0, 0.1) is 0 Å². The summed E-state index contributed by atoms with van der Waals surface area (Å²) in [5, 5.41) is 6.47. The van der Waals surface area contributed by atoms with Crippen molar-refractivity contribution in [2.24, 2.45) is 0 Å². The molecule has 0 aliphatic heterocycles. The fourth-order valence-electron chi connectivity index (χ4n) is 2.84. The number of hydrogen-bond acceptors (Lipinski definition) is 6. The highest BCUT2D eigenvalue weighted by atomic mass is 32.1. The minimum absolute atomic E-state index is 0.0632. The molecule has 138 valence electrons. The van der Waals surface area contributed by atoms with Gasteiger partial charge in [-0.3, -0.25) is 14.6 Å². The van der Waals surface area contributed by atoms with Crippen LogP contribution in [0.3, 0.4) is 0 Å². The Kier molecular flexibility index (Phi) is 5.95. The molecule has 2 N–H and O–H groups in total. The number of fused-ring (bicyclic) bond motifs is 1. The molecule has 0 spiro atoms. The number of likely N-dealkylation sites (N-methyl/N-ethyl adjacent to an activating group) is 1. The van der Waals surface area contributed by atoms with Crippen LogP contribution in [0.4, 0.5) is 0 Å². The van der Waals surface area contributed by atoms with Crippen molar-refractivity contribution in [1.82, 2.24) is 25.5 Å². The van der Waals surface area contributed by atoms with Crippen molar-refractivity contribution in [3.63, 3.8) is 0 Å². The molecular weight excluding hydrogens is 350 g/mol. The van der Waals surface area contributed by atoms with Gasteiger partial charge in [0.1, 0.15) is 0 Å². The van der Waals surface area contributed by atoms with Crippen LogP contribution >= 0.6 is 11.3 Å². The van der Waals surface area contributed by atoms with Crippen LogP contribution in [0.2, 0.25) is 0 Å². The standard InChI is InChI=1S/C18H23N5O2S/c1-23(2)10-9-20-17(25)18-22-14-4-3-13(11-15(14)26-18)21-16(24)12-5-7-19-8-6-12/h5-8,13H,3-4,9-11H2,1-2H3,(H,20,25)(H,21,24). The zero-order valence-electron chi connectivity index (χ0n) is 15.0. The van der Waals surface area contributed by atoms with E-state index in [0.29, 0.717) is 17.1 Å². The third-order valence-electron chi connectivity index (χ3n) is 4.26. The fourth-order valence-corrected chi connectivity index (χ4v) is 3.94. The maximum Gasteiger partial charge on any atom is 0.280 e. The SMILES string of the molecule is CN(C)CCNC(=O)c1nc2c(s1)CC(NC(=O)c1ccncc1)CC2. The summed E-state index contributed by atoms with van der Waals surface area (Å²) in [6.07, 6.45) is 5.54. The Labute approximate surface area is 156 Å². The van der Waals surface area contributed by atoms with Gasteiger partial charge in [-0.25, -0.2) is 4.98 Å². The van der Waals surface area contributed by atoms with Gasteiger partial charge >= 0.3 is 0 Å². The molecule has 2 heterocycles. The second kappa shape index (κ2) is 8.37. The van der Waals surface area contributed by atoms with Gasteiger partial charge in [0.05, 0.1) is 5.69 Å². The maximum atomic E-state index is 12.3. The largest absolute Gasteiger partial charge is 0.349 e. The van der Waals surface area contributed by atoms with Gasteiger partial charge in [0.25, 0.3) is 11.8 Å². The highest BCUT2D eigenvalue weighted by molar-refractivity contribution is 7.13. The summed E-state index contributed by atoms with van der Waals surface area (Å²) < 4.78 is 0. The number of pyridine rings is 1. The van der Waals surface area contributed by atoms with Gasteiger partial charge in [0.15, 0.2) is 5.01 Å². The predicted octanol–water partition coefficient (Wildman–Crippen LogP) is 1.12. The van der Waals surface area contributed by atoms with Crippen LogP contribution in [0.5, 0.6) is 0 Å². The molecule has 0 bridgehead atoms. The van der Waals surface area contributed by atoms with Crippen molar-refractivity contribution < 1.29 is 9.59 Å². The number of aromatic nitrogens is 2. The zero-order valence-corrected chi connectivity index (χ0v) is 15.8. The Hall–Kier alpha value is -2.32. The third kappa shape index (κ3) is 4.64. The van der Waals surface area contributed by atoms with Crippen LogP contribution in [-0.4, -0.2) is 59.9 Å². The molecule has 0 fully saturated rings. The molecular formula is C18H23N5O2S. The summed E-state index contributed by atoms with van der Waals surface area (Å²) in [5.41, 5.74) is 1.60. The van der Waals surface area contributed by atoms with E-state index in [0.717, 1.165) is 36.4 Å². The van der Waals surface area contributed by atoms with Crippen molar-refractivity contribution in [3.8, 4) is 0 Å². The average Bonchev–Trinajstić information content (AvgIpc) is 3.05. The molecule has 2 aromatic heterocycles. The van der Waals surface area contributed by atoms with E-state index in [2.05, 4.69) is 20.6 Å². The van der Waals surface area contributed by atoms with E-state index in [4.69, 9.17) is 0 Å².